The molecule has 1 amide bonds. The number of nitrogens with one attached hydrogen (secondary N) is 2. The molecule has 74 valence electrons. The summed E-state index contributed by atoms with van der Waals surface area (Å²) in [4.78, 5) is 11.1. The fourth-order valence-corrected chi connectivity index (χ4v) is 2.48. The van der Waals surface area contributed by atoms with Gasteiger partial charge in [0.1, 0.15) is 0 Å². The lowest BCUT2D eigenvalue weighted by molar-refractivity contribution is -0.0706. The number of ether oxygens (including phenoxy) is 1. The number of carbonyl (C=O) groups is 1. The second-order valence-corrected chi connectivity index (χ2v) is 4.05. The standard InChI is InChI=1S/C8H12N2O2.ClH/c11-6-10-7(2-1-3-7)8(12-6)4-9-5-8;/h9H,1-5H2,(H,10,11);1H. The van der Waals surface area contributed by atoms with E-state index in [9.17, 15) is 4.79 Å². The summed E-state index contributed by atoms with van der Waals surface area (Å²) in [5.41, 5.74) is -0.197. The van der Waals surface area contributed by atoms with Crippen molar-refractivity contribution in [1.82, 2.24) is 10.6 Å². The van der Waals surface area contributed by atoms with Crippen molar-refractivity contribution in [3.05, 3.63) is 0 Å². The Bertz CT molecular complexity index is 225. The van der Waals surface area contributed by atoms with Crippen molar-refractivity contribution in [2.75, 3.05) is 13.1 Å². The molecule has 0 unspecified atom stereocenters. The van der Waals surface area contributed by atoms with Crippen LogP contribution in [0.15, 0.2) is 0 Å². The zero-order chi connectivity index (χ0) is 8.23. The topological polar surface area (TPSA) is 50.4 Å². The molecule has 2 saturated heterocycles. The van der Waals surface area contributed by atoms with Crippen LogP contribution in [0.3, 0.4) is 0 Å². The van der Waals surface area contributed by atoms with E-state index in [1.165, 1.54) is 6.42 Å². The van der Waals surface area contributed by atoms with Gasteiger partial charge in [-0.25, -0.2) is 4.79 Å². The van der Waals surface area contributed by atoms with E-state index in [2.05, 4.69) is 10.6 Å². The quantitative estimate of drug-likeness (QED) is 0.601. The maximum absolute atomic E-state index is 11.1. The van der Waals surface area contributed by atoms with Gasteiger partial charge in [-0.1, -0.05) is 0 Å². The summed E-state index contributed by atoms with van der Waals surface area (Å²) in [6.45, 7) is 1.65. The molecule has 2 spiro atoms. The van der Waals surface area contributed by atoms with Gasteiger partial charge in [-0.15, -0.1) is 12.4 Å². The molecule has 0 atom stereocenters. The van der Waals surface area contributed by atoms with E-state index in [4.69, 9.17) is 4.74 Å². The number of amides is 1. The molecule has 0 aromatic carbocycles. The van der Waals surface area contributed by atoms with Crippen LogP contribution in [0.5, 0.6) is 0 Å². The van der Waals surface area contributed by atoms with Crippen LogP contribution >= 0.6 is 12.4 Å². The van der Waals surface area contributed by atoms with Crippen LogP contribution in [0.25, 0.3) is 0 Å². The molecule has 0 aromatic rings. The number of carbonyl (C=O) groups excluding carboxylic acids is 1. The predicted octanol–water partition coefficient (Wildman–Crippen LogP) is 0.413. The predicted molar refractivity (Wildman–Crippen MR) is 49.0 cm³/mol. The van der Waals surface area contributed by atoms with Crippen molar-refractivity contribution >= 4 is 18.5 Å². The lowest BCUT2D eigenvalue weighted by Crippen LogP contribution is -2.74. The summed E-state index contributed by atoms with van der Waals surface area (Å²) in [5, 5.41) is 6.13. The first-order valence-corrected chi connectivity index (χ1v) is 4.48. The van der Waals surface area contributed by atoms with E-state index >= 15 is 0 Å². The largest absolute Gasteiger partial charge is 0.438 e. The molecule has 0 aromatic heterocycles. The molecule has 0 bridgehead atoms. The SMILES string of the molecule is Cl.O=C1NC2(CCC2)C2(CNC2)O1. The van der Waals surface area contributed by atoms with Gasteiger partial charge in [0.25, 0.3) is 0 Å². The highest BCUT2D eigenvalue weighted by Crippen LogP contribution is 2.48. The maximum Gasteiger partial charge on any atom is 0.408 e. The van der Waals surface area contributed by atoms with Crippen molar-refractivity contribution < 1.29 is 9.53 Å². The van der Waals surface area contributed by atoms with Gasteiger partial charge < -0.3 is 15.4 Å². The van der Waals surface area contributed by atoms with Gasteiger partial charge in [0.05, 0.1) is 5.54 Å². The molecule has 1 aliphatic carbocycles. The molecule has 5 heteroatoms. The van der Waals surface area contributed by atoms with Crippen molar-refractivity contribution in [3.8, 4) is 0 Å². The fourth-order valence-electron chi connectivity index (χ4n) is 2.48. The van der Waals surface area contributed by atoms with E-state index < -0.39 is 0 Å². The zero-order valence-electron chi connectivity index (χ0n) is 7.26. The number of halogens is 1. The molecule has 2 N–H and O–H groups in total. The number of fused-ring (bicyclic) bond motifs is 1. The average Bonchev–Trinajstić information content (AvgIpc) is 2.20. The van der Waals surface area contributed by atoms with Crippen LogP contribution in [-0.2, 0) is 4.74 Å². The molecular weight excluding hydrogens is 192 g/mol. The number of alkyl carbamates (subject to hydrolysis) is 1. The summed E-state index contributed by atoms with van der Waals surface area (Å²) in [6, 6.07) is 0. The van der Waals surface area contributed by atoms with Gasteiger partial charge in [-0.3, -0.25) is 0 Å². The second kappa shape index (κ2) is 2.51. The van der Waals surface area contributed by atoms with E-state index in [0.29, 0.717) is 0 Å². The second-order valence-electron chi connectivity index (χ2n) is 4.05. The van der Waals surface area contributed by atoms with Gasteiger partial charge in [-0.2, -0.15) is 0 Å². The van der Waals surface area contributed by atoms with Gasteiger partial charge in [0.2, 0.25) is 0 Å². The minimum absolute atomic E-state index is 0. The van der Waals surface area contributed by atoms with Crippen LogP contribution in [-0.4, -0.2) is 30.3 Å². The summed E-state index contributed by atoms with van der Waals surface area (Å²) < 4.78 is 5.33. The third-order valence-electron chi connectivity index (χ3n) is 3.53. The van der Waals surface area contributed by atoms with E-state index in [1.54, 1.807) is 0 Å². The highest BCUT2D eigenvalue weighted by Gasteiger charge is 2.65. The molecule has 2 aliphatic heterocycles. The third-order valence-corrected chi connectivity index (χ3v) is 3.53. The monoisotopic (exact) mass is 204 g/mol. The number of hydrogen-bond donors (Lipinski definition) is 2. The number of hydrogen-bond acceptors (Lipinski definition) is 3. The summed E-state index contributed by atoms with van der Waals surface area (Å²) in [6.07, 6.45) is 3.16. The first kappa shape index (κ1) is 9.09. The normalized spacial score (nSPS) is 31.2. The van der Waals surface area contributed by atoms with Gasteiger partial charge in [0.15, 0.2) is 5.60 Å². The van der Waals surface area contributed by atoms with E-state index in [-0.39, 0.29) is 29.6 Å². The minimum atomic E-state index is -0.226. The average molecular weight is 205 g/mol. The van der Waals surface area contributed by atoms with Gasteiger partial charge in [-0.05, 0) is 19.3 Å². The summed E-state index contributed by atoms with van der Waals surface area (Å²) >= 11 is 0. The zero-order valence-corrected chi connectivity index (χ0v) is 8.08. The molecule has 3 rings (SSSR count). The summed E-state index contributed by atoms with van der Waals surface area (Å²) in [7, 11) is 0. The van der Waals surface area contributed by atoms with Crippen LogP contribution < -0.4 is 10.6 Å². The minimum Gasteiger partial charge on any atom is -0.438 e. The first-order valence-electron chi connectivity index (χ1n) is 4.48. The number of rotatable bonds is 0. The molecule has 0 radical (unpaired) electrons. The molecule has 4 nitrogen and oxygen atoms in total. The van der Waals surface area contributed by atoms with E-state index in [1.807, 2.05) is 0 Å². The Morgan fingerprint density at radius 1 is 1.31 bits per heavy atom. The molecule has 3 aliphatic rings. The molecular formula is C8H13ClN2O2. The first-order chi connectivity index (χ1) is 5.77. The Morgan fingerprint density at radius 3 is 2.31 bits per heavy atom. The highest BCUT2D eigenvalue weighted by molar-refractivity contribution is 5.85. The Labute approximate surface area is 82.8 Å². The van der Waals surface area contributed by atoms with Gasteiger partial charge >= 0.3 is 6.09 Å². The van der Waals surface area contributed by atoms with Crippen LogP contribution in [0.2, 0.25) is 0 Å². The Kier molecular flexibility index (Phi) is 1.76. The summed E-state index contributed by atoms with van der Waals surface area (Å²) in [5.74, 6) is 0. The van der Waals surface area contributed by atoms with Crippen molar-refractivity contribution in [2.24, 2.45) is 0 Å². The third kappa shape index (κ3) is 0.876. The lowest BCUT2D eigenvalue weighted by Gasteiger charge is -2.53. The van der Waals surface area contributed by atoms with Crippen molar-refractivity contribution in [1.29, 1.82) is 0 Å². The Balaban J connectivity index is 0.000000653. The van der Waals surface area contributed by atoms with Crippen molar-refractivity contribution in [3.63, 3.8) is 0 Å². The van der Waals surface area contributed by atoms with Gasteiger partial charge in [0, 0.05) is 13.1 Å². The maximum atomic E-state index is 11.1. The molecule has 13 heavy (non-hydrogen) atoms. The Morgan fingerprint density at radius 2 is 2.00 bits per heavy atom. The van der Waals surface area contributed by atoms with Crippen LogP contribution in [0.4, 0.5) is 4.79 Å². The Hall–Kier alpha value is -0.480. The molecule has 3 fully saturated rings. The van der Waals surface area contributed by atoms with Crippen molar-refractivity contribution in [2.45, 2.75) is 30.4 Å². The van der Waals surface area contributed by atoms with E-state index in [0.717, 1.165) is 25.9 Å². The molecule has 1 saturated carbocycles. The molecule has 2 heterocycles. The lowest BCUT2D eigenvalue weighted by atomic mass is 9.63. The smallest absolute Gasteiger partial charge is 0.408 e. The highest BCUT2D eigenvalue weighted by atomic mass is 35.5. The van der Waals surface area contributed by atoms with Crippen LogP contribution in [0.1, 0.15) is 19.3 Å². The fraction of sp³-hybridized carbons (Fsp3) is 0.875. The van der Waals surface area contributed by atoms with Crippen LogP contribution in [0, 0.1) is 0 Å².